The Bertz CT molecular complexity index is 446. The third-order valence-electron chi connectivity index (χ3n) is 5.71. The molecule has 1 heterocycles. The Morgan fingerprint density at radius 1 is 1.16 bits per heavy atom. The van der Waals surface area contributed by atoms with Gasteiger partial charge in [-0.25, -0.2) is 0 Å². The summed E-state index contributed by atoms with van der Waals surface area (Å²) in [6.45, 7) is 0. The summed E-state index contributed by atoms with van der Waals surface area (Å²) in [6, 6.07) is 4.14. The molecule has 4 fully saturated rings. The predicted octanol–water partition coefficient (Wildman–Crippen LogP) is 5.15. The van der Waals surface area contributed by atoms with Gasteiger partial charge in [-0.1, -0.05) is 0 Å². The monoisotopic (exact) mass is 340 g/mol. The zero-order valence-corrected chi connectivity index (χ0v) is 13.5. The summed E-state index contributed by atoms with van der Waals surface area (Å²) in [6.07, 6.45) is 9.39. The molecule has 1 aromatic rings. The standard InChI is InChI=1S/C16H21BrOS/c17-15-2-1-14(19-15)13(18)9-16-6-10-3-11(7-16)5-12(4-10)8-16/h1-2,10-13,18H,3-9H2. The maximum Gasteiger partial charge on any atom is 0.0887 e. The zero-order valence-electron chi connectivity index (χ0n) is 11.1. The molecule has 1 N–H and O–H groups in total. The second-order valence-electron chi connectivity index (χ2n) is 7.28. The highest BCUT2D eigenvalue weighted by atomic mass is 79.9. The molecular weight excluding hydrogens is 320 g/mol. The summed E-state index contributed by atoms with van der Waals surface area (Å²) in [5, 5.41) is 10.6. The van der Waals surface area contributed by atoms with E-state index in [1.54, 1.807) is 11.3 Å². The number of aliphatic hydroxyl groups excluding tert-OH is 1. The summed E-state index contributed by atoms with van der Waals surface area (Å²) in [5.41, 5.74) is 0.477. The first-order valence-corrected chi connectivity index (χ1v) is 9.16. The molecule has 0 spiro atoms. The lowest BCUT2D eigenvalue weighted by Gasteiger charge is -2.57. The number of hydrogen-bond donors (Lipinski definition) is 1. The minimum absolute atomic E-state index is 0.243. The van der Waals surface area contributed by atoms with Gasteiger partial charge >= 0.3 is 0 Å². The van der Waals surface area contributed by atoms with Crippen LogP contribution < -0.4 is 0 Å². The Labute approximate surface area is 127 Å². The maximum atomic E-state index is 10.6. The fraction of sp³-hybridized carbons (Fsp3) is 0.750. The lowest BCUT2D eigenvalue weighted by Crippen LogP contribution is -2.46. The normalized spacial score (nSPS) is 41.7. The van der Waals surface area contributed by atoms with Crippen LogP contribution in [0.4, 0.5) is 0 Å². The van der Waals surface area contributed by atoms with Crippen LogP contribution in [0.2, 0.25) is 0 Å². The van der Waals surface area contributed by atoms with Crippen molar-refractivity contribution in [1.29, 1.82) is 0 Å². The number of hydrogen-bond acceptors (Lipinski definition) is 2. The molecule has 4 aliphatic carbocycles. The molecule has 4 saturated carbocycles. The lowest BCUT2D eigenvalue weighted by molar-refractivity contribution is -0.0760. The molecule has 0 aliphatic heterocycles. The largest absolute Gasteiger partial charge is 0.388 e. The van der Waals surface area contributed by atoms with Crippen molar-refractivity contribution in [1.82, 2.24) is 0 Å². The highest BCUT2D eigenvalue weighted by Crippen LogP contribution is 2.62. The van der Waals surface area contributed by atoms with Crippen molar-refractivity contribution in [2.24, 2.45) is 23.2 Å². The first kappa shape index (κ1) is 12.8. The van der Waals surface area contributed by atoms with Gasteiger partial charge in [-0.2, -0.15) is 0 Å². The van der Waals surface area contributed by atoms with Gasteiger partial charge in [0.05, 0.1) is 9.89 Å². The first-order valence-electron chi connectivity index (χ1n) is 7.55. The van der Waals surface area contributed by atoms with Crippen LogP contribution in [-0.4, -0.2) is 5.11 Å². The lowest BCUT2D eigenvalue weighted by atomic mass is 9.48. The van der Waals surface area contributed by atoms with Crippen molar-refractivity contribution in [3.63, 3.8) is 0 Å². The minimum Gasteiger partial charge on any atom is -0.388 e. The average molecular weight is 341 g/mol. The summed E-state index contributed by atoms with van der Waals surface area (Å²) in [7, 11) is 0. The van der Waals surface area contributed by atoms with Crippen LogP contribution in [0, 0.1) is 23.2 Å². The number of aliphatic hydroxyl groups is 1. The number of rotatable bonds is 3. The van der Waals surface area contributed by atoms with E-state index >= 15 is 0 Å². The van der Waals surface area contributed by atoms with E-state index in [-0.39, 0.29) is 6.10 Å². The van der Waals surface area contributed by atoms with Crippen LogP contribution in [-0.2, 0) is 0 Å². The molecule has 0 saturated heterocycles. The molecule has 19 heavy (non-hydrogen) atoms. The zero-order chi connectivity index (χ0) is 13.0. The molecular formula is C16H21BrOS. The Hall–Kier alpha value is 0.140. The van der Waals surface area contributed by atoms with Crippen LogP contribution in [0.15, 0.2) is 15.9 Å². The van der Waals surface area contributed by atoms with Crippen LogP contribution in [0.3, 0.4) is 0 Å². The number of halogens is 1. The summed E-state index contributed by atoms with van der Waals surface area (Å²) < 4.78 is 1.13. The number of thiophene rings is 1. The van der Waals surface area contributed by atoms with Crippen LogP contribution >= 0.6 is 27.3 Å². The van der Waals surface area contributed by atoms with E-state index in [0.29, 0.717) is 5.41 Å². The van der Waals surface area contributed by atoms with E-state index in [1.807, 2.05) is 0 Å². The van der Waals surface area contributed by atoms with Gasteiger partial charge in [0.2, 0.25) is 0 Å². The van der Waals surface area contributed by atoms with E-state index in [2.05, 4.69) is 28.1 Å². The molecule has 0 aromatic carbocycles. The molecule has 1 atom stereocenters. The summed E-state index contributed by atoms with van der Waals surface area (Å²) >= 11 is 5.19. The molecule has 3 heteroatoms. The van der Waals surface area contributed by atoms with E-state index in [4.69, 9.17) is 0 Å². The third kappa shape index (κ3) is 2.32. The minimum atomic E-state index is -0.243. The average Bonchev–Trinajstić information content (AvgIpc) is 2.73. The fourth-order valence-electron chi connectivity index (χ4n) is 5.56. The van der Waals surface area contributed by atoms with Crippen molar-refractivity contribution in [3.05, 3.63) is 20.8 Å². The second-order valence-corrected chi connectivity index (χ2v) is 9.77. The van der Waals surface area contributed by atoms with E-state index in [9.17, 15) is 5.11 Å². The topological polar surface area (TPSA) is 20.2 Å². The highest BCUT2D eigenvalue weighted by molar-refractivity contribution is 9.11. The van der Waals surface area contributed by atoms with Gasteiger partial charge in [-0.05, 0) is 96.2 Å². The van der Waals surface area contributed by atoms with Crippen LogP contribution in [0.1, 0.15) is 55.9 Å². The van der Waals surface area contributed by atoms with Gasteiger partial charge < -0.3 is 5.11 Å². The maximum absolute atomic E-state index is 10.6. The Morgan fingerprint density at radius 3 is 2.21 bits per heavy atom. The molecule has 0 amide bonds. The van der Waals surface area contributed by atoms with Gasteiger partial charge in [0, 0.05) is 4.88 Å². The molecule has 1 aromatic heterocycles. The molecule has 0 radical (unpaired) electrons. The van der Waals surface area contributed by atoms with Crippen molar-refractivity contribution in [2.75, 3.05) is 0 Å². The van der Waals surface area contributed by atoms with Gasteiger partial charge in [-0.3, -0.25) is 0 Å². The van der Waals surface area contributed by atoms with E-state index < -0.39 is 0 Å². The Balaban J connectivity index is 1.53. The van der Waals surface area contributed by atoms with Gasteiger partial charge in [0.25, 0.3) is 0 Å². The molecule has 4 aliphatic rings. The molecule has 104 valence electrons. The van der Waals surface area contributed by atoms with Crippen molar-refractivity contribution in [3.8, 4) is 0 Å². The SMILES string of the molecule is OC(CC12CC3CC(CC(C3)C1)C2)c1ccc(Br)s1. The van der Waals surface area contributed by atoms with Crippen molar-refractivity contribution < 1.29 is 5.11 Å². The van der Waals surface area contributed by atoms with Crippen molar-refractivity contribution in [2.45, 2.75) is 51.0 Å². The highest BCUT2D eigenvalue weighted by Gasteiger charge is 2.51. The van der Waals surface area contributed by atoms with Gasteiger partial charge in [0.15, 0.2) is 0 Å². The summed E-state index contributed by atoms with van der Waals surface area (Å²) in [5.74, 6) is 2.94. The molecule has 5 rings (SSSR count). The van der Waals surface area contributed by atoms with E-state index in [0.717, 1.165) is 32.8 Å². The quantitative estimate of drug-likeness (QED) is 0.806. The Kier molecular flexibility index (Phi) is 3.09. The van der Waals surface area contributed by atoms with Gasteiger partial charge in [-0.15, -0.1) is 11.3 Å². The third-order valence-corrected chi connectivity index (χ3v) is 7.44. The van der Waals surface area contributed by atoms with E-state index in [1.165, 1.54) is 38.5 Å². The second kappa shape index (κ2) is 4.57. The van der Waals surface area contributed by atoms with Gasteiger partial charge in [0.1, 0.15) is 0 Å². The smallest absolute Gasteiger partial charge is 0.0887 e. The van der Waals surface area contributed by atoms with Crippen LogP contribution in [0.5, 0.6) is 0 Å². The molecule has 1 unspecified atom stereocenters. The Morgan fingerprint density at radius 2 is 1.74 bits per heavy atom. The van der Waals surface area contributed by atoms with Crippen LogP contribution in [0.25, 0.3) is 0 Å². The summed E-state index contributed by atoms with van der Waals surface area (Å²) in [4.78, 5) is 1.14. The first-order chi connectivity index (χ1) is 9.12. The predicted molar refractivity (Wildman–Crippen MR) is 82.2 cm³/mol. The molecule has 4 bridgehead atoms. The fourth-order valence-corrected chi connectivity index (χ4v) is 6.97. The molecule has 1 nitrogen and oxygen atoms in total. The van der Waals surface area contributed by atoms with Crippen molar-refractivity contribution >= 4 is 27.3 Å².